The summed E-state index contributed by atoms with van der Waals surface area (Å²) in [7, 11) is -3.04. The average Bonchev–Trinajstić information content (AvgIpc) is 3.09. The van der Waals surface area contributed by atoms with Crippen LogP contribution in [0, 0.1) is 0 Å². The molecule has 1 fully saturated rings. The topological polar surface area (TPSA) is 84.6 Å². The minimum Gasteiger partial charge on any atom is -0.338 e. The van der Waals surface area contributed by atoms with Crippen molar-refractivity contribution in [2.24, 2.45) is 0 Å². The van der Waals surface area contributed by atoms with Gasteiger partial charge in [0.2, 0.25) is 5.91 Å². The van der Waals surface area contributed by atoms with E-state index in [-0.39, 0.29) is 29.2 Å². The first kappa shape index (κ1) is 18.8. The van der Waals surface area contributed by atoms with Crippen LogP contribution in [0.1, 0.15) is 13.3 Å². The quantitative estimate of drug-likeness (QED) is 0.686. The Kier molecular flexibility index (Phi) is 5.48. The van der Waals surface area contributed by atoms with Crippen LogP contribution in [0.4, 0.5) is 0 Å². The summed E-state index contributed by atoms with van der Waals surface area (Å²) in [6.07, 6.45) is 2.13. The van der Waals surface area contributed by atoms with E-state index in [2.05, 4.69) is 10.2 Å². The predicted molar refractivity (Wildman–Crippen MR) is 98.2 cm³/mol. The molecule has 136 valence electrons. The maximum absolute atomic E-state index is 12.5. The van der Waals surface area contributed by atoms with Crippen LogP contribution in [0.15, 0.2) is 17.4 Å². The van der Waals surface area contributed by atoms with Gasteiger partial charge in [-0.1, -0.05) is 35.0 Å². The van der Waals surface area contributed by atoms with Crippen LogP contribution in [-0.2, 0) is 14.6 Å². The number of hydrogen-bond acceptors (Lipinski definition) is 6. The van der Waals surface area contributed by atoms with Crippen LogP contribution in [0.5, 0.6) is 0 Å². The van der Waals surface area contributed by atoms with E-state index in [1.54, 1.807) is 21.6 Å². The SMILES string of the molecule is CCN(C(=O)CSc1nnc2c(Cl)cc(Cl)cn12)[C@@H]1CCS(=O)(=O)C1. The Balaban J connectivity index is 1.71. The van der Waals surface area contributed by atoms with E-state index in [0.29, 0.717) is 33.8 Å². The van der Waals surface area contributed by atoms with Crippen molar-refractivity contribution in [3.05, 3.63) is 22.3 Å². The lowest BCUT2D eigenvalue weighted by Gasteiger charge is -2.26. The van der Waals surface area contributed by atoms with Crippen LogP contribution in [0.25, 0.3) is 5.65 Å². The van der Waals surface area contributed by atoms with E-state index in [9.17, 15) is 13.2 Å². The number of aromatic nitrogens is 3. The van der Waals surface area contributed by atoms with Gasteiger partial charge in [-0.05, 0) is 19.4 Å². The summed E-state index contributed by atoms with van der Waals surface area (Å²) in [6.45, 7) is 2.32. The molecule has 1 atom stereocenters. The molecule has 3 heterocycles. The van der Waals surface area contributed by atoms with Crippen LogP contribution < -0.4 is 0 Å². The largest absolute Gasteiger partial charge is 0.338 e. The Morgan fingerprint density at radius 1 is 1.44 bits per heavy atom. The number of halogens is 2. The molecular formula is C14H16Cl2N4O3S2. The summed E-state index contributed by atoms with van der Waals surface area (Å²) in [5.74, 6) is 0.186. The number of pyridine rings is 1. The number of fused-ring (bicyclic) bond motifs is 1. The molecular weight excluding hydrogens is 407 g/mol. The monoisotopic (exact) mass is 422 g/mol. The zero-order valence-corrected chi connectivity index (χ0v) is 16.5. The third-order valence-corrected chi connectivity index (χ3v) is 7.19. The van der Waals surface area contributed by atoms with E-state index < -0.39 is 9.84 Å². The number of carbonyl (C=O) groups excluding carboxylic acids is 1. The lowest BCUT2D eigenvalue weighted by molar-refractivity contribution is -0.129. The number of rotatable bonds is 5. The summed E-state index contributed by atoms with van der Waals surface area (Å²) < 4.78 is 24.9. The van der Waals surface area contributed by atoms with Crippen molar-refractivity contribution in [1.82, 2.24) is 19.5 Å². The van der Waals surface area contributed by atoms with Crippen LogP contribution >= 0.6 is 35.0 Å². The molecule has 0 bridgehead atoms. The van der Waals surface area contributed by atoms with Gasteiger partial charge in [-0.2, -0.15) is 0 Å². The number of sulfone groups is 1. The molecule has 0 aromatic carbocycles. The van der Waals surface area contributed by atoms with Crippen molar-refractivity contribution in [1.29, 1.82) is 0 Å². The molecule has 1 aliphatic rings. The first-order chi connectivity index (χ1) is 11.8. The number of amides is 1. The van der Waals surface area contributed by atoms with Crippen molar-refractivity contribution in [2.45, 2.75) is 24.5 Å². The van der Waals surface area contributed by atoms with E-state index >= 15 is 0 Å². The van der Waals surface area contributed by atoms with Crippen LogP contribution in [0.2, 0.25) is 10.0 Å². The van der Waals surface area contributed by atoms with E-state index in [0.717, 1.165) is 0 Å². The van der Waals surface area contributed by atoms with Gasteiger partial charge in [0.25, 0.3) is 0 Å². The Bertz CT molecular complexity index is 916. The van der Waals surface area contributed by atoms with Crippen molar-refractivity contribution in [3.63, 3.8) is 0 Å². The molecule has 7 nitrogen and oxygen atoms in total. The molecule has 0 aliphatic carbocycles. The minimum absolute atomic E-state index is 0.0380. The van der Waals surface area contributed by atoms with E-state index in [1.807, 2.05) is 6.92 Å². The highest BCUT2D eigenvalue weighted by molar-refractivity contribution is 7.99. The second-order valence-electron chi connectivity index (χ2n) is 5.71. The first-order valence-electron chi connectivity index (χ1n) is 7.63. The Morgan fingerprint density at radius 3 is 2.84 bits per heavy atom. The lowest BCUT2D eigenvalue weighted by atomic mass is 10.2. The van der Waals surface area contributed by atoms with Crippen molar-refractivity contribution in [2.75, 3.05) is 23.8 Å². The van der Waals surface area contributed by atoms with Gasteiger partial charge in [0.15, 0.2) is 20.6 Å². The number of nitrogens with zero attached hydrogens (tertiary/aromatic N) is 4. The maximum atomic E-state index is 12.5. The fraction of sp³-hybridized carbons (Fsp3) is 0.500. The molecule has 11 heteroatoms. The van der Waals surface area contributed by atoms with Gasteiger partial charge in [-0.3, -0.25) is 9.20 Å². The summed E-state index contributed by atoms with van der Waals surface area (Å²) in [5.41, 5.74) is 0.468. The molecule has 2 aromatic heterocycles. The Morgan fingerprint density at radius 2 is 2.20 bits per heavy atom. The van der Waals surface area contributed by atoms with Crippen molar-refractivity contribution < 1.29 is 13.2 Å². The van der Waals surface area contributed by atoms with Crippen LogP contribution in [0.3, 0.4) is 0 Å². The Labute approximate surface area is 159 Å². The van der Waals surface area contributed by atoms with E-state index in [4.69, 9.17) is 23.2 Å². The predicted octanol–water partition coefficient (Wildman–Crippen LogP) is 2.16. The lowest BCUT2D eigenvalue weighted by Crippen LogP contribution is -2.41. The average molecular weight is 423 g/mol. The highest BCUT2D eigenvalue weighted by Gasteiger charge is 2.33. The third kappa shape index (κ3) is 4.05. The zero-order valence-electron chi connectivity index (χ0n) is 13.4. The molecule has 3 rings (SSSR count). The first-order valence-corrected chi connectivity index (χ1v) is 11.2. The van der Waals surface area contributed by atoms with Gasteiger partial charge in [0, 0.05) is 18.8 Å². The van der Waals surface area contributed by atoms with Gasteiger partial charge in [-0.25, -0.2) is 8.42 Å². The number of thioether (sulfide) groups is 1. The standard InChI is InChI=1S/C14H16Cl2N4O3S2/c1-2-19(10-3-4-25(22,23)8-10)12(21)7-24-14-18-17-13-11(16)5-9(15)6-20(13)14/h5-6,10H,2-4,7-8H2,1H3/t10-/m1/s1. The molecule has 0 saturated carbocycles. The van der Waals surface area contributed by atoms with Crippen molar-refractivity contribution >= 4 is 56.4 Å². The molecule has 1 saturated heterocycles. The summed E-state index contributed by atoms with van der Waals surface area (Å²) in [6, 6.07) is 1.33. The molecule has 0 unspecified atom stereocenters. The van der Waals surface area contributed by atoms with E-state index in [1.165, 1.54) is 11.8 Å². The van der Waals surface area contributed by atoms with Gasteiger partial charge < -0.3 is 4.90 Å². The van der Waals surface area contributed by atoms with Gasteiger partial charge >= 0.3 is 0 Å². The molecule has 0 radical (unpaired) electrons. The van der Waals surface area contributed by atoms with Gasteiger partial charge in [0.1, 0.15) is 0 Å². The number of carbonyl (C=O) groups is 1. The molecule has 0 N–H and O–H groups in total. The second kappa shape index (κ2) is 7.30. The maximum Gasteiger partial charge on any atom is 0.233 e. The number of hydrogen-bond donors (Lipinski definition) is 0. The second-order valence-corrected chi connectivity index (χ2v) is 9.72. The van der Waals surface area contributed by atoms with Gasteiger partial charge in [0.05, 0.1) is 27.3 Å². The zero-order chi connectivity index (χ0) is 18.2. The van der Waals surface area contributed by atoms with Crippen LogP contribution in [-0.4, -0.2) is 63.7 Å². The minimum atomic E-state index is -3.04. The fourth-order valence-corrected chi connectivity index (χ4v) is 5.90. The molecule has 25 heavy (non-hydrogen) atoms. The van der Waals surface area contributed by atoms with Crippen molar-refractivity contribution in [3.8, 4) is 0 Å². The summed E-state index contributed by atoms with van der Waals surface area (Å²) in [4.78, 5) is 14.2. The highest BCUT2D eigenvalue weighted by Crippen LogP contribution is 2.26. The smallest absolute Gasteiger partial charge is 0.233 e. The summed E-state index contributed by atoms with van der Waals surface area (Å²) in [5, 5.41) is 9.36. The molecule has 1 aliphatic heterocycles. The fourth-order valence-electron chi connectivity index (χ4n) is 2.87. The molecule has 0 spiro atoms. The summed E-state index contributed by atoms with van der Waals surface area (Å²) >= 11 is 13.3. The normalized spacial score (nSPS) is 19.4. The molecule has 1 amide bonds. The van der Waals surface area contributed by atoms with Gasteiger partial charge in [-0.15, -0.1) is 10.2 Å². The Hall–Kier alpha value is -1.03. The third-order valence-electron chi connectivity index (χ3n) is 4.03. The highest BCUT2D eigenvalue weighted by atomic mass is 35.5. The molecule has 2 aromatic rings.